The zero-order chi connectivity index (χ0) is 18.9. The zero-order valence-corrected chi connectivity index (χ0v) is 13.9. The van der Waals surface area contributed by atoms with E-state index >= 15 is 0 Å². The van der Waals surface area contributed by atoms with Crippen LogP contribution in [0, 0.1) is 6.92 Å². The lowest BCUT2D eigenvalue weighted by atomic mass is 9.96. The van der Waals surface area contributed by atoms with Gasteiger partial charge in [-0.2, -0.15) is 18.3 Å². The molecule has 6 nitrogen and oxygen atoms in total. The third-order valence-electron chi connectivity index (χ3n) is 4.27. The van der Waals surface area contributed by atoms with E-state index in [0.717, 1.165) is 18.9 Å². The van der Waals surface area contributed by atoms with Crippen LogP contribution in [-0.2, 0) is 15.7 Å². The third kappa shape index (κ3) is 3.61. The molecule has 0 saturated heterocycles. The molecule has 1 fully saturated rings. The van der Waals surface area contributed by atoms with Crippen molar-refractivity contribution in [2.24, 2.45) is 0 Å². The number of carbonyl (C=O) groups excluding carboxylic acids is 2. The highest BCUT2D eigenvalue weighted by Crippen LogP contribution is 2.29. The molecule has 1 aliphatic rings. The molecule has 9 heteroatoms. The van der Waals surface area contributed by atoms with E-state index in [4.69, 9.17) is 4.74 Å². The number of aromatic nitrogens is 3. The SMILES string of the molecule is Cc1c(C(=O)OC2CCCCC2=O)cnn1-c1ccc(C(F)(F)F)cn1. The van der Waals surface area contributed by atoms with Crippen molar-refractivity contribution < 1.29 is 27.5 Å². The summed E-state index contributed by atoms with van der Waals surface area (Å²) in [4.78, 5) is 27.8. The number of carbonyl (C=O) groups is 2. The van der Waals surface area contributed by atoms with Gasteiger partial charge in [0.25, 0.3) is 0 Å². The highest BCUT2D eigenvalue weighted by molar-refractivity contribution is 5.93. The summed E-state index contributed by atoms with van der Waals surface area (Å²) in [5.41, 5.74) is -0.364. The van der Waals surface area contributed by atoms with Crippen LogP contribution in [0.3, 0.4) is 0 Å². The van der Waals surface area contributed by atoms with Gasteiger partial charge in [-0.1, -0.05) is 0 Å². The number of hydrogen-bond acceptors (Lipinski definition) is 5. The normalized spacial score (nSPS) is 18.0. The van der Waals surface area contributed by atoms with Crippen LogP contribution in [0.25, 0.3) is 5.82 Å². The Kier molecular flexibility index (Phi) is 4.80. The molecule has 26 heavy (non-hydrogen) atoms. The van der Waals surface area contributed by atoms with Crippen molar-refractivity contribution in [3.63, 3.8) is 0 Å². The van der Waals surface area contributed by atoms with E-state index in [2.05, 4.69) is 10.1 Å². The number of ether oxygens (including phenoxy) is 1. The van der Waals surface area contributed by atoms with Gasteiger partial charge in [0.1, 0.15) is 5.56 Å². The van der Waals surface area contributed by atoms with Gasteiger partial charge in [-0.25, -0.2) is 14.5 Å². The maximum absolute atomic E-state index is 12.6. The first-order chi connectivity index (χ1) is 12.3. The van der Waals surface area contributed by atoms with Gasteiger partial charge in [-0.15, -0.1) is 0 Å². The van der Waals surface area contributed by atoms with Gasteiger partial charge in [-0.05, 0) is 38.3 Å². The minimum absolute atomic E-state index is 0.0981. The summed E-state index contributed by atoms with van der Waals surface area (Å²) in [6.07, 6.45) is -0.765. The monoisotopic (exact) mass is 367 g/mol. The number of esters is 1. The van der Waals surface area contributed by atoms with Crippen LogP contribution in [-0.4, -0.2) is 32.6 Å². The average Bonchev–Trinajstić information content (AvgIpc) is 2.98. The van der Waals surface area contributed by atoms with E-state index in [9.17, 15) is 22.8 Å². The molecule has 3 rings (SSSR count). The van der Waals surface area contributed by atoms with Crippen LogP contribution in [0.15, 0.2) is 24.5 Å². The van der Waals surface area contributed by atoms with E-state index in [-0.39, 0.29) is 17.2 Å². The Hall–Kier alpha value is -2.71. The number of rotatable bonds is 3. The quantitative estimate of drug-likeness (QED) is 0.779. The largest absolute Gasteiger partial charge is 0.451 e. The van der Waals surface area contributed by atoms with Gasteiger partial charge >= 0.3 is 12.1 Å². The molecular weight excluding hydrogens is 351 g/mol. The summed E-state index contributed by atoms with van der Waals surface area (Å²) in [6, 6.07) is 2.06. The molecule has 0 radical (unpaired) electrons. The predicted octanol–water partition coefficient (Wildman–Crippen LogP) is 3.26. The number of hydrogen-bond donors (Lipinski definition) is 0. The van der Waals surface area contributed by atoms with Gasteiger partial charge in [0.05, 0.1) is 17.5 Å². The molecule has 1 saturated carbocycles. The first-order valence-electron chi connectivity index (χ1n) is 8.09. The Morgan fingerprint density at radius 3 is 2.65 bits per heavy atom. The number of ketones is 1. The van der Waals surface area contributed by atoms with Crippen LogP contribution in [0.4, 0.5) is 13.2 Å². The second-order valence-electron chi connectivity index (χ2n) is 6.06. The number of pyridine rings is 1. The fourth-order valence-corrected chi connectivity index (χ4v) is 2.79. The Labute approximate surface area is 147 Å². The van der Waals surface area contributed by atoms with Gasteiger partial charge < -0.3 is 4.74 Å². The van der Waals surface area contributed by atoms with Gasteiger partial charge in [0.2, 0.25) is 0 Å². The molecule has 0 aliphatic heterocycles. The van der Waals surface area contributed by atoms with E-state index in [0.29, 0.717) is 24.7 Å². The smallest absolute Gasteiger partial charge is 0.417 e. The minimum Gasteiger partial charge on any atom is -0.451 e. The van der Waals surface area contributed by atoms with E-state index in [1.165, 1.54) is 16.9 Å². The molecule has 2 heterocycles. The fraction of sp³-hybridized carbons (Fsp3) is 0.412. The van der Waals surface area contributed by atoms with E-state index < -0.39 is 23.8 Å². The van der Waals surface area contributed by atoms with Crippen LogP contribution >= 0.6 is 0 Å². The highest BCUT2D eigenvalue weighted by Gasteiger charge is 2.31. The molecule has 2 aromatic rings. The Morgan fingerprint density at radius 2 is 2.04 bits per heavy atom. The topological polar surface area (TPSA) is 74.1 Å². The molecule has 1 atom stereocenters. The summed E-state index contributed by atoms with van der Waals surface area (Å²) in [5, 5.41) is 4.00. The predicted molar refractivity (Wildman–Crippen MR) is 83.8 cm³/mol. The molecule has 0 N–H and O–H groups in total. The number of nitrogens with zero attached hydrogens (tertiary/aromatic N) is 3. The minimum atomic E-state index is -4.48. The maximum Gasteiger partial charge on any atom is 0.417 e. The lowest BCUT2D eigenvalue weighted by Gasteiger charge is -2.20. The van der Waals surface area contributed by atoms with E-state index in [1.807, 2.05) is 0 Å². The Morgan fingerprint density at radius 1 is 1.27 bits per heavy atom. The summed E-state index contributed by atoms with van der Waals surface area (Å²) < 4.78 is 44.4. The summed E-state index contributed by atoms with van der Waals surface area (Å²) >= 11 is 0. The average molecular weight is 367 g/mol. The fourth-order valence-electron chi connectivity index (χ4n) is 2.79. The van der Waals surface area contributed by atoms with Gasteiger partial charge in [0.15, 0.2) is 17.7 Å². The van der Waals surface area contributed by atoms with E-state index in [1.54, 1.807) is 6.92 Å². The van der Waals surface area contributed by atoms with Crippen molar-refractivity contribution in [3.05, 3.63) is 41.3 Å². The third-order valence-corrected chi connectivity index (χ3v) is 4.27. The van der Waals surface area contributed by atoms with Crippen molar-refractivity contribution in [2.45, 2.75) is 44.9 Å². The molecule has 138 valence electrons. The molecule has 0 aromatic carbocycles. The van der Waals surface area contributed by atoms with Crippen molar-refractivity contribution in [1.29, 1.82) is 0 Å². The summed E-state index contributed by atoms with van der Waals surface area (Å²) in [7, 11) is 0. The molecule has 2 aromatic heterocycles. The lowest BCUT2D eigenvalue weighted by Crippen LogP contribution is -2.30. The zero-order valence-electron chi connectivity index (χ0n) is 13.9. The standard InChI is InChI=1S/C17H16F3N3O3/c1-10-12(16(25)26-14-5-3-2-4-13(14)24)9-22-23(10)15-7-6-11(8-21-15)17(18,19)20/h6-9,14H,2-5H2,1H3. The van der Waals surface area contributed by atoms with Crippen LogP contribution in [0.5, 0.6) is 0 Å². The van der Waals surface area contributed by atoms with Crippen LogP contribution < -0.4 is 0 Å². The Bertz CT molecular complexity index is 828. The second-order valence-corrected chi connectivity index (χ2v) is 6.06. The van der Waals surface area contributed by atoms with Gasteiger partial charge in [0, 0.05) is 12.6 Å². The van der Waals surface area contributed by atoms with Crippen molar-refractivity contribution in [1.82, 2.24) is 14.8 Å². The number of halogens is 3. The van der Waals surface area contributed by atoms with Crippen molar-refractivity contribution >= 4 is 11.8 Å². The Balaban J connectivity index is 1.79. The molecular formula is C17H16F3N3O3. The van der Waals surface area contributed by atoms with Crippen LogP contribution in [0.1, 0.15) is 47.3 Å². The molecule has 1 unspecified atom stereocenters. The maximum atomic E-state index is 12.6. The van der Waals surface area contributed by atoms with Crippen molar-refractivity contribution in [3.8, 4) is 5.82 Å². The molecule has 0 spiro atoms. The first-order valence-corrected chi connectivity index (χ1v) is 8.09. The molecule has 0 bridgehead atoms. The van der Waals surface area contributed by atoms with Crippen LogP contribution in [0.2, 0.25) is 0 Å². The van der Waals surface area contributed by atoms with Gasteiger partial charge in [-0.3, -0.25) is 4.79 Å². The molecule has 0 amide bonds. The lowest BCUT2D eigenvalue weighted by molar-refractivity contribution is -0.137. The summed E-state index contributed by atoms with van der Waals surface area (Å²) in [6.45, 7) is 1.58. The second kappa shape index (κ2) is 6.89. The van der Waals surface area contributed by atoms with Crippen molar-refractivity contribution in [2.75, 3.05) is 0 Å². The number of Topliss-reactive ketones (excluding diaryl/α,β-unsaturated/α-hetero) is 1. The summed E-state index contributed by atoms with van der Waals surface area (Å²) in [5.74, 6) is -0.636. The first kappa shape index (κ1) is 18.1. The molecule has 1 aliphatic carbocycles. The number of alkyl halides is 3. The highest BCUT2D eigenvalue weighted by atomic mass is 19.4.